The quantitative estimate of drug-likeness (QED) is 0.593. The largest absolute Gasteiger partial charge is 0.453 e. The maximum atomic E-state index is 11.8. The fourth-order valence-electron chi connectivity index (χ4n) is 2.01. The zero-order valence-corrected chi connectivity index (χ0v) is 12.9. The van der Waals surface area contributed by atoms with Crippen molar-refractivity contribution in [3.8, 4) is 23.7 Å². The van der Waals surface area contributed by atoms with E-state index in [2.05, 4.69) is 23.7 Å². The van der Waals surface area contributed by atoms with Crippen molar-refractivity contribution >= 4 is 5.97 Å². The molecule has 0 aromatic heterocycles. The predicted octanol–water partition coefficient (Wildman–Crippen LogP) is 2.68. The lowest BCUT2D eigenvalue weighted by Crippen LogP contribution is -2.41. The van der Waals surface area contributed by atoms with Crippen molar-refractivity contribution in [2.45, 2.75) is 39.1 Å². The van der Waals surface area contributed by atoms with E-state index < -0.39 is 11.9 Å². The minimum atomic E-state index is -1.11. The van der Waals surface area contributed by atoms with E-state index in [9.17, 15) is 4.79 Å². The first-order valence-electron chi connectivity index (χ1n) is 7.10. The fraction of sp³-hybridized carbons (Fsp3) is 0.389. The third kappa shape index (κ3) is 3.74. The Kier molecular flexibility index (Phi) is 4.96. The molecule has 22 heavy (non-hydrogen) atoms. The van der Waals surface area contributed by atoms with Gasteiger partial charge in [-0.05, 0) is 36.8 Å². The van der Waals surface area contributed by atoms with Crippen molar-refractivity contribution < 1.29 is 19.0 Å². The van der Waals surface area contributed by atoms with Crippen LogP contribution in [0.5, 0.6) is 0 Å². The van der Waals surface area contributed by atoms with E-state index in [4.69, 9.17) is 14.2 Å². The van der Waals surface area contributed by atoms with Crippen LogP contribution in [0.2, 0.25) is 0 Å². The normalized spacial score (nSPS) is 26.2. The van der Waals surface area contributed by atoms with Gasteiger partial charge in [0.05, 0.1) is 6.26 Å². The molecule has 0 bridgehead atoms. The molecule has 2 unspecified atom stereocenters. The highest BCUT2D eigenvalue weighted by molar-refractivity contribution is 5.70. The molecule has 4 nitrogen and oxygen atoms in total. The van der Waals surface area contributed by atoms with Crippen LogP contribution in [0.4, 0.5) is 0 Å². The summed E-state index contributed by atoms with van der Waals surface area (Å²) in [5.41, 5.74) is 0. The van der Waals surface area contributed by atoms with Crippen molar-refractivity contribution in [3.63, 3.8) is 0 Å². The third-order valence-electron chi connectivity index (χ3n) is 2.97. The summed E-state index contributed by atoms with van der Waals surface area (Å²) in [5.74, 6) is 10.1. The molecule has 2 aliphatic rings. The van der Waals surface area contributed by atoms with Gasteiger partial charge in [0.1, 0.15) is 5.76 Å². The second-order valence-corrected chi connectivity index (χ2v) is 5.30. The highest BCUT2D eigenvalue weighted by Gasteiger charge is 2.48. The van der Waals surface area contributed by atoms with Crippen LogP contribution in [0.15, 0.2) is 36.3 Å². The molecule has 2 rings (SSSR count). The summed E-state index contributed by atoms with van der Waals surface area (Å²) < 4.78 is 16.7. The van der Waals surface area contributed by atoms with Gasteiger partial charge >= 0.3 is 11.8 Å². The Labute approximate surface area is 130 Å². The zero-order chi connectivity index (χ0) is 16.0. The lowest BCUT2D eigenvalue weighted by molar-refractivity contribution is -0.191. The molecule has 0 aliphatic carbocycles. The van der Waals surface area contributed by atoms with Gasteiger partial charge in [-0.3, -0.25) is 4.79 Å². The minimum absolute atomic E-state index is 0.236. The van der Waals surface area contributed by atoms with E-state index in [0.29, 0.717) is 12.2 Å². The Morgan fingerprint density at radius 3 is 3.05 bits per heavy atom. The smallest absolute Gasteiger partial charge is 0.312 e. The molecule has 4 heteroatoms. The first kappa shape index (κ1) is 15.8. The molecule has 2 heterocycles. The second kappa shape index (κ2) is 6.91. The maximum absolute atomic E-state index is 11.8. The first-order chi connectivity index (χ1) is 10.6. The molecule has 0 N–H and O–H groups in total. The lowest BCUT2D eigenvalue weighted by atomic mass is 10.1. The number of carbonyl (C=O) groups is 1. The zero-order valence-electron chi connectivity index (χ0n) is 12.9. The van der Waals surface area contributed by atoms with Gasteiger partial charge in [0.15, 0.2) is 0 Å². The topological polar surface area (TPSA) is 44.8 Å². The van der Waals surface area contributed by atoms with E-state index >= 15 is 0 Å². The van der Waals surface area contributed by atoms with Gasteiger partial charge in [0, 0.05) is 18.6 Å². The molecule has 114 valence electrons. The average Bonchev–Trinajstić information content (AvgIpc) is 3.03. The van der Waals surface area contributed by atoms with E-state index in [-0.39, 0.29) is 11.9 Å². The molecule has 1 spiro atoms. The number of hydrogen-bond donors (Lipinski definition) is 0. The molecule has 0 fully saturated rings. The van der Waals surface area contributed by atoms with Gasteiger partial charge in [0.2, 0.25) is 6.10 Å². The van der Waals surface area contributed by atoms with Gasteiger partial charge in [-0.25, -0.2) is 0 Å². The van der Waals surface area contributed by atoms with E-state index in [1.54, 1.807) is 31.2 Å². The predicted molar refractivity (Wildman–Crippen MR) is 81.8 cm³/mol. The Bertz CT molecular complexity index is 646. The highest BCUT2D eigenvalue weighted by atomic mass is 16.7. The number of carbonyl (C=O) groups excluding carboxylic acids is 1. The van der Waals surface area contributed by atoms with Gasteiger partial charge < -0.3 is 14.2 Å². The maximum Gasteiger partial charge on any atom is 0.312 e. The van der Waals surface area contributed by atoms with Crippen molar-refractivity contribution in [2.24, 2.45) is 5.92 Å². The molecule has 0 amide bonds. The standard InChI is InChI=1S/C18H18O4/c1-4-5-6-7-8-15-9-11-18(22-15)16(10-12-20-18)21-17(19)13-14(2)3/h8-12,14,16H,13H2,1-3H3. The van der Waals surface area contributed by atoms with Crippen LogP contribution in [-0.2, 0) is 19.0 Å². The number of esters is 1. The Morgan fingerprint density at radius 2 is 2.32 bits per heavy atom. The molecule has 0 saturated carbocycles. The Morgan fingerprint density at radius 1 is 1.50 bits per heavy atom. The van der Waals surface area contributed by atoms with Crippen LogP contribution < -0.4 is 0 Å². The molecule has 0 aromatic carbocycles. The van der Waals surface area contributed by atoms with Crippen LogP contribution >= 0.6 is 0 Å². The summed E-state index contributed by atoms with van der Waals surface area (Å²) in [5, 5.41) is 0. The van der Waals surface area contributed by atoms with E-state index in [1.165, 1.54) is 6.26 Å². The van der Waals surface area contributed by atoms with Crippen molar-refractivity contribution in [3.05, 3.63) is 36.3 Å². The van der Waals surface area contributed by atoms with Crippen molar-refractivity contribution in [2.75, 3.05) is 0 Å². The number of ether oxygens (including phenoxy) is 3. The van der Waals surface area contributed by atoms with Gasteiger partial charge in [-0.2, -0.15) is 0 Å². The van der Waals surface area contributed by atoms with Crippen LogP contribution in [-0.4, -0.2) is 17.9 Å². The molecule has 2 aliphatic heterocycles. The first-order valence-corrected chi connectivity index (χ1v) is 7.10. The summed E-state index contributed by atoms with van der Waals surface area (Å²) in [6.45, 7) is 5.64. The second-order valence-electron chi connectivity index (χ2n) is 5.30. The van der Waals surface area contributed by atoms with Crippen molar-refractivity contribution in [1.82, 2.24) is 0 Å². The van der Waals surface area contributed by atoms with E-state index in [1.807, 2.05) is 13.8 Å². The third-order valence-corrected chi connectivity index (χ3v) is 2.97. The van der Waals surface area contributed by atoms with Crippen LogP contribution in [0, 0.1) is 29.6 Å². The van der Waals surface area contributed by atoms with E-state index in [0.717, 1.165) is 0 Å². The summed E-state index contributed by atoms with van der Waals surface area (Å²) in [4.78, 5) is 11.8. The average molecular weight is 298 g/mol. The van der Waals surface area contributed by atoms with Crippen LogP contribution in [0.1, 0.15) is 27.2 Å². The number of rotatable bonds is 3. The van der Waals surface area contributed by atoms with Crippen molar-refractivity contribution in [1.29, 1.82) is 0 Å². The summed E-state index contributed by atoms with van der Waals surface area (Å²) in [6.07, 6.45) is 7.96. The molecule has 0 aromatic rings. The molecular formula is C18H18O4. The number of hydrogen-bond acceptors (Lipinski definition) is 4. The molecule has 2 atom stereocenters. The SMILES string of the molecule is CC#CC#CC=C1C=CC2(OC=CC2OC(=O)CC(C)C)O1. The monoisotopic (exact) mass is 298 g/mol. The van der Waals surface area contributed by atoms with Crippen LogP contribution in [0.25, 0.3) is 0 Å². The fourth-order valence-corrected chi connectivity index (χ4v) is 2.01. The molecule has 0 saturated heterocycles. The molecular weight excluding hydrogens is 280 g/mol. The Balaban J connectivity index is 2.02. The van der Waals surface area contributed by atoms with Gasteiger partial charge in [-0.1, -0.05) is 25.7 Å². The van der Waals surface area contributed by atoms with Gasteiger partial charge in [-0.15, -0.1) is 0 Å². The minimum Gasteiger partial charge on any atom is -0.453 e. The summed E-state index contributed by atoms with van der Waals surface area (Å²) in [7, 11) is 0. The lowest BCUT2D eigenvalue weighted by Gasteiger charge is -2.28. The summed E-state index contributed by atoms with van der Waals surface area (Å²) >= 11 is 0. The highest BCUT2D eigenvalue weighted by Crippen LogP contribution is 2.36. The Hall–Kier alpha value is -2.59. The summed E-state index contributed by atoms with van der Waals surface area (Å²) in [6, 6.07) is 0. The number of allylic oxidation sites excluding steroid dienone is 2. The molecule has 0 radical (unpaired) electrons. The van der Waals surface area contributed by atoms with Gasteiger partial charge in [0.25, 0.3) is 0 Å². The van der Waals surface area contributed by atoms with Crippen LogP contribution in [0.3, 0.4) is 0 Å².